The summed E-state index contributed by atoms with van der Waals surface area (Å²) in [4.78, 5) is 24.0. The van der Waals surface area contributed by atoms with Gasteiger partial charge in [-0.05, 0) is 67.6 Å². The van der Waals surface area contributed by atoms with Crippen molar-refractivity contribution in [3.63, 3.8) is 0 Å². The van der Waals surface area contributed by atoms with Crippen LogP contribution in [0.3, 0.4) is 0 Å². The lowest BCUT2D eigenvalue weighted by molar-refractivity contribution is 0.101. The summed E-state index contributed by atoms with van der Waals surface area (Å²) in [7, 11) is -3.71. The second-order valence-electron chi connectivity index (χ2n) is 5.66. The average Bonchev–Trinajstić information content (AvgIpc) is 3.14. The molecule has 0 radical (unpaired) electrons. The highest BCUT2D eigenvalue weighted by Crippen LogP contribution is 2.29. The van der Waals surface area contributed by atoms with Crippen LogP contribution in [0.2, 0.25) is 5.02 Å². The predicted molar refractivity (Wildman–Crippen MR) is 106 cm³/mol. The van der Waals surface area contributed by atoms with E-state index in [-0.39, 0.29) is 19.8 Å². The van der Waals surface area contributed by atoms with Crippen molar-refractivity contribution in [1.82, 2.24) is 0 Å². The summed E-state index contributed by atoms with van der Waals surface area (Å²) in [5, 5.41) is 3.13. The van der Waals surface area contributed by atoms with Crippen LogP contribution in [0.25, 0.3) is 0 Å². The van der Waals surface area contributed by atoms with Crippen molar-refractivity contribution >= 4 is 50.2 Å². The SMILES string of the molecule is CC(=O)c1ccc(NC(=O)c2ccc(S(=O)(=O)c3ccc(Cl)cc3)s2)cc1. The molecule has 0 spiro atoms. The smallest absolute Gasteiger partial charge is 0.265 e. The Morgan fingerprint density at radius 1 is 0.926 bits per heavy atom. The molecule has 8 heteroatoms. The fourth-order valence-corrected chi connectivity index (χ4v) is 5.03. The number of ketones is 1. The molecule has 0 bridgehead atoms. The van der Waals surface area contributed by atoms with Gasteiger partial charge < -0.3 is 5.32 Å². The van der Waals surface area contributed by atoms with E-state index in [0.717, 1.165) is 11.3 Å². The zero-order valence-corrected chi connectivity index (χ0v) is 16.5. The molecular formula is C19H14ClNO4S2. The van der Waals surface area contributed by atoms with E-state index in [1.807, 2.05) is 0 Å². The number of carbonyl (C=O) groups excluding carboxylic acids is 2. The molecule has 1 heterocycles. The number of hydrogen-bond acceptors (Lipinski definition) is 5. The van der Waals surface area contributed by atoms with Gasteiger partial charge in [0.1, 0.15) is 4.21 Å². The van der Waals surface area contributed by atoms with E-state index >= 15 is 0 Å². The number of sulfone groups is 1. The molecule has 138 valence electrons. The quantitative estimate of drug-likeness (QED) is 0.608. The van der Waals surface area contributed by atoms with Crippen LogP contribution >= 0.6 is 22.9 Å². The van der Waals surface area contributed by atoms with Crippen LogP contribution in [0.1, 0.15) is 27.0 Å². The summed E-state index contributed by atoms with van der Waals surface area (Å²) in [6.45, 7) is 1.46. The first-order valence-corrected chi connectivity index (χ1v) is 10.5. The minimum atomic E-state index is -3.71. The summed E-state index contributed by atoms with van der Waals surface area (Å²) < 4.78 is 25.4. The molecule has 1 N–H and O–H groups in total. The monoisotopic (exact) mass is 419 g/mol. The van der Waals surface area contributed by atoms with Crippen molar-refractivity contribution in [3.05, 3.63) is 76.1 Å². The highest BCUT2D eigenvalue weighted by atomic mass is 35.5. The van der Waals surface area contributed by atoms with E-state index in [1.54, 1.807) is 24.3 Å². The Hall–Kier alpha value is -2.48. The maximum absolute atomic E-state index is 12.6. The number of benzene rings is 2. The number of carbonyl (C=O) groups is 2. The molecule has 0 aliphatic heterocycles. The van der Waals surface area contributed by atoms with Gasteiger partial charge in [0.2, 0.25) is 9.84 Å². The molecule has 2 aromatic carbocycles. The molecule has 0 fully saturated rings. The second kappa shape index (κ2) is 7.64. The van der Waals surface area contributed by atoms with Gasteiger partial charge in [0, 0.05) is 16.3 Å². The Balaban J connectivity index is 1.79. The van der Waals surface area contributed by atoms with Crippen molar-refractivity contribution in [2.24, 2.45) is 0 Å². The van der Waals surface area contributed by atoms with Gasteiger partial charge in [-0.3, -0.25) is 9.59 Å². The number of halogens is 1. The van der Waals surface area contributed by atoms with Gasteiger partial charge in [-0.2, -0.15) is 0 Å². The zero-order chi connectivity index (χ0) is 19.6. The molecule has 0 unspecified atom stereocenters. The van der Waals surface area contributed by atoms with Crippen LogP contribution in [0, 0.1) is 0 Å². The normalized spacial score (nSPS) is 11.2. The minimum Gasteiger partial charge on any atom is -0.321 e. The lowest BCUT2D eigenvalue weighted by Crippen LogP contribution is -2.10. The number of nitrogens with one attached hydrogen (secondary N) is 1. The summed E-state index contributed by atoms with van der Waals surface area (Å²) in [5.74, 6) is -0.490. The van der Waals surface area contributed by atoms with Crippen molar-refractivity contribution in [1.29, 1.82) is 0 Å². The third kappa shape index (κ3) is 4.27. The molecule has 1 aromatic heterocycles. The van der Waals surface area contributed by atoms with Crippen molar-refractivity contribution in [2.45, 2.75) is 16.0 Å². The summed E-state index contributed by atoms with van der Waals surface area (Å²) in [6, 6.07) is 15.2. The lowest BCUT2D eigenvalue weighted by Gasteiger charge is -2.04. The fourth-order valence-electron chi connectivity index (χ4n) is 2.30. The van der Waals surface area contributed by atoms with E-state index in [9.17, 15) is 18.0 Å². The molecule has 27 heavy (non-hydrogen) atoms. The molecular weight excluding hydrogens is 406 g/mol. The van der Waals surface area contributed by atoms with Crippen LogP contribution in [-0.4, -0.2) is 20.1 Å². The maximum atomic E-state index is 12.6. The maximum Gasteiger partial charge on any atom is 0.265 e. The molecule has 0 saturated carbocycles. The Kier molecular flexibility index (Phi) is 5.46. The van der Waals surface area contributed by atoms with E-state index in [0.29, 0.717) is 16.3 Å². The second-order valence-corrected chi connectivity index (χ2v) is 9.36. The van der Waals surface area contributed by atoms with Crippen LogP contribution in [0.4, 0.5) is 5.69 Å². The Morgan fingerprint density at radius 3 is 2.15 bits per heavy atom. The van der Waals surface area contributed by atoms with Crippen molar-refractivity contribution in [3.8, 4) is 0 Å². The van der Waals surface area contributed by atoms with Gasteiger partial charge in [-0.25, -0.2) is 8.42 Å². The largest absolute Gasteiger partial charge is 0.321 e. The first-order chi connectivity index (χ1) is 12.8. The number of anilines is 1. The van der Waals surface area contributed by atoms with Gasteiger partial charge in [0.05, 0.1) is 9.77 Å². The number of amides is 1. The van der Waals surface area contributed by atoms with E-state index in [4.69, 9.17) is 11.6 Å². The highest BCUT2D eigenvalue weighted by Gasteiger charge is 2.21. The number of rotatable bonds is 5. The first-order valence-electron chi connectivity index (χ1n) is 7.80. The highest BCUT2D eigenvalue weighted by molar-refractivity contribution is 7.93. The molecule has 3 rings (SSSR count). The van der Waals surface area contributed by atoms with Crippen LogP contribution in [0.15, 0.2) is 69.8 Å². The van der Waals surface area contributed by atoms with Crippen LogP contribution < -0.4 is 5.32 Å². The Bertz CT molecular complexity index is 1100. The van der Waals surface area contributed by atoms with E-state index in [2.05, 4.69) is 5.32 Å². The molecule has 0 atom stereocenters. The standard InChI is InChI=1S/C19H14ClNO4S2/c1-12(22)13-2-6-15(7-3-13)21-19(23)17-10-11-18(26-17)27(24,25)16-8-4-14(20)5-9-16/h2-11H,1H3,(H,21,23). The van der Waals surface area contributed by atoms with E-state index < -0.39 is 15.7 Å². The third-order valence-electron chi connectivity index (χ3n) is 3.74. The Labute approximate surface area is 165 Å². The number of hydrogen-bond donors (Lipinski definition) is 1. The molecule has 0 aliphatic carbocycles. The summed E-state index contributed by atoms with van der Waals surface area (Å²) in [5.41, 5.74) is 1.06. The molecule has 5 nitrogen and oxygen atoms in total. The van der Waals surface area contributed by atoms with Gasteiger partial charge in [-0.15, -0.1) is 11.3 Å². The van der Waals surface area contributed by atoms with Crippen LogP contribution in [0.5, 0.6) is 0 Å². The van der Waals surface area contributed by atoms with E-state index in [1.165, 1.54) is 43.3 Å². The third-order valence-corrected chi connectivity index (χ3v) is 7.34. The average molecular weight is 420 g/mol. The van der Waals surface area contributed by atoms with Crippen molar-refractivity contribution in [2.75, 3.05) is 5.32 Å². The zero-order valence-electron chi connectivity index (χ0n) is 14.1. The predicted octanol–water partition coefficient (Wildman–Crippen LogP) is 4.69. The van der Waals surface area contributed by atoms with Gasteiger partial charge in [0.15, 0.2) is 5.78 Å². The summed E-state index contributed by atoms with van der Waals surface area (Å²) >= 11 is 6.68. The molecule has 1 amide bonds. The molecule has 3 aromatic rings. The first kappa shape index (κ1) is 19.3. The molecule has 0 aliphatic rings. The van der Waals surface area contributed by atoms with Gasteiger partial charge in [0.25, 0.3) is 5.91 Å². The Morgan fingerprint density at radius 2 is 1.56 bits per heavy atom. The van der Waals surface area contributed by atoms with Crippen LogP contribution in [-0.2, 0) is 9.84 Å². The lowest BCUT2D eigenvalue weighted by atomic mass is 10.1. The number of thiophene rings is 1. The topological polar surface area (TPSA) is 80.3 Å². The molecule has 0 saturated heterocycles. The number of Topliss-reactive ketones (excluding diaryl/α,β-unsaturated/α-hetero) is 1. The van der Waals surface area contributed by atoms with Gasteiger partial charge in [-0.1, -0.05) is 11.6 Å². The summed E-state index contributed by atoms with van der Waals surface area (Å²) in [6.07, 6.45) is 0. The fraction of sp³-hybridized carbons (Fsp3) is 0.0526. The van der Waals surface area contributed by atoms with Gasteiger partial charge >= 0.3 is 0 Å². The minimum absolute atomic E-state index is 0.0665. The van der Waals surface area contributed by atoms with Crippen molar-refractivity contribution < 1.29 is 18.0 Å².